The highest BCUT2D eigenvalue weighted by Crippen LogP contribution is 2.48. The van der Waals surface area contributed by atoms with Crippen LogP contribution in [0, 0.1) is 46.6 Å². The summed E-state index contributed by atoms with van der Waals surface area (Å²) in [4.78, 5) is 32.6. The second-order valence-corrected chi connectivity index (χ2v) is 15.8. The van der Waals surface area contributed by atoms with Gasteiger partial charge in [0.25, 0.3) is 0 Å². The third kappa shape index (κ3) is 9.82. The lowest BCUT2D eigenvalue weighted by atomic mass is 9.65. The molecule has 0 N–H and O–H groups in total. The van der Waals surface area contributed by atoms with E-state index in [0.29, 0.717) is 62.1 Å². The molecular weight excluding hydrogens is 824 g/mol. The lowest BCUT2D eigenvalue weighted by molar-refractivity contribution is -0.172. The van der Waals surface area contributed by atoms with Gasteiger partial charge in [-0.1, -0.05) is 44.2 Å². The predicted molar refractivity (Wildman–Crippen MR) is 215 cm³/mol. The van der Waals surface area contributed by atoms with Gasteiger partial charge in [-0.25, -0.2) is 31.7 Å². The lowest BCUT2D eigenvalue weighted by Crippen LogP contribution is -2.49. The second-order valence-electron chi connectivity index (χ2n) is 15.8. The molecule has 0 fully saturated rings. The number of fused-ring (bicyclic) bond motifs is 2. The zero-order valence-corrected chi connectivity index (χ0v) is 35.0. The molecule has 62 heavy (non-hydrogen) atoms. The second kappa shape index (κ2) is 19.8. The Labute approximate surface area is 354 Å². The van der Waals surface area contributed by atoms with Crippen LogP contribution in [0.15, 0.2) is 60.7 Å². The first kappa shape index (κ1) is 46.2. The van der Waals surface area contributed by atoms with Gasteiger partial charge in [-0.05, 0) is 92.7 Å². The van der Waals surface area contributed by atoms with E-state index in [-0.39, 0.29) is 42.0 Å². The first-order valence-corrected chi connectivity index (χ1v) is 20.3. The van der Waals surface area contributed by atoms with Crippen molar-refractivity contribution in [3.05, 3.63) is 129 Å². The van der Waals surface area contributed by atoms with Crippen LogP contribution in [-0.4, -0.2) is 72.5 Å². The first-order chi connectivity index (χ1) is 29.6. The van der Waals surface area contributed by atoms with Gasteiger partial charge in [-0.15, -0.1) is 0 Å². The summed E-state index contributed by atoms with van der Waals surface area (Å²) in [5, 5.41) is 0. The number of benzene rings is 4. The molecule has 0 spiro atoms. The Morgan fingerprint density at radius 1 is 0.903 bits per heavy atom. The van der Waals surface area contributed by atoms with E-state index in [4.69, 9.17) is 19.2 Å². The smallest absolute Gasteiger partial charge is 0.332 e. The van der Waals surface area contributed by atoms with Crippen molar-refractivity contribution in [1.82, 2.24) is 14.5 Å². The van der Waals surface area contributed by atoms with Gasteiger partial charge in [-0.3, -0.25) is 9.36 Å². The fourth-order valence-corrected chi connectivity index (χ4v) is 8.53. The van der Waals surface area contributed by atoms with Gasteiger partial charge in [0.05, 0.1) is 17.5 Å². The Kier molecular flexibility index (Phi) is 14.8. The maximum atomic E-state index is 16.0. The minimum atomic E-state index is -2.40. The van der Waals surface area contributed by atoms with Crippen LogP contribution in [0.3, 0.4) is 0 Å². The van der Waals surface area contributed by atoms with E-state index >= 15 is 4.39 Å². The molecule has 9 nitrogen and oxygen atoms in total. The molecule has 0 saturated carbocycles. The number of hydrogen-bond acceptors (Lipinski definition) is 8. The van der Waals surface area contributed by atoms with Gasteiger partial charge in [0.15, 0.2) is 6.23 Å². The van der Waals surface area contributed by atoms with Crippen molar-refractivity contribution in [3.8, 4) is 5.75 Å². The summed E-state index contributed by atoms with van der Waals surface area (Å²) in [6.07, 6.45) is 0.895. The van der Waals surface area contributed by atoms with E-state index in [1.54, 1.807) is 23.6 Å². The van der Waals surface area contributed by atoms with Gasteiger partial charge in [0.1, 0.15) is 29.7 Å². The molecule has 0 radical (unpaired) electrons. The van der Waals surface area contributed by atoms with Crippen molar-refractivity contribution in [2.24, 2.45) is 5.92 Å². The maximum Gasteiger partial charge on any atom is 0.332 e. The van der Waals surface area contributed by atoms with E-state index in [1.807, 2.05) is 31.3 Å². The molecule has 4 aromatic carbocycles. The maximum absolute atomic E-state index is 16.0. The molecular formula is C46H48F7N3O6. The van der Waals surface area contributed by atoms with Crippen LogP contribution < -0.4 is 4.74 Å². The summed E-state index contributed by atoms with van der Waals surface area (Å²) in [5.41, 5.74) is 2.43. The summed E-state index contributed by atoms with van der Waals surface area (Å²) in [6, 6.07) is 15.9. The van der Waals surface area contributed by atoms with Crippen LogP contribution in [-0.2, 0) is 43.1 Å². The molecule has 1 aliphatic carbocycles. The van der Waals surface area contributed by atoms with Crippen LogP contribution in [0.25, 0.3) is 11.0 Å². The number of ether oxygens (including phenoxy) is 4. The third-order valence-corrected chi connectivity index (χ3v) is 11.2. The van der Waals surface area contributed by atoms with E-state index in [1.165, 1.54) is 25.3 Å². The number of nitrogens with zero attached hydrogens (tertiary/aromatic N) is 3. The minimum Gasteiger partial charge on any atom is -0.457 e. The summed E-state index contributed by atoms with van der Waals surface area (Å²) >= 11 is 0. The fourth-order valence-electron chi connectivity index (χ4n) is 8.53. The number of methoxy groups -OCH3 is 1. The van der Waals surface area contributed by atoms with Gasteiger partial charge in [-0.2, -0.15) is 8.78 Å². The first-order valence-electron chi connectivity index (χ1n) is 20.3. The van der Waals surface area contributed by atoms with Crippen LogP contribution in [0.1, 0.15) is 80.3 Å². The predicted octanol–water partition coefficient (Wildman–Crippen LogP) is 9.31. The number of esters is 2. The number of para-hydroxylation sites is 2. The van der Waals surface area contributed by atoms with Crippen molar-refractivity contribution >= 4 is 23.0 Å². The van der Waals surface area contributed by atoms with Gasteiger partial charge < -0.3 is 23.8 Å². The number of carbonyl (C=O) groups excluding carboxylic acids is 2. The summed E-state index contributed by atoms with van der Waals surface area (Å²) in [7, 11) is 3.41. The molecule has 1 heterocycles. The molecule has 16 heteroatoms. The summed E-state index contributed by atoms with van der Waals surface area (Å²) in [6.45, 7) is 7.05. The average Bonchev–Trinajstić information content (AvgIpc) is 3.60. The van der Waals surface area contributed by atoms with E-state index in [2.05, 4.69) is 23.5 Å². The number of carbonyl (C=O) groups is 2. The largest absolute Gasteiger partial charge is 0.457 e. The summed E-state index contributed by atoms with van der Waals surface area (Å²) < 4.78 is 123. The van der Waals surface area contributed by atoms with E-state index in [0.717, 1.165) is 17.2 Å². The monoisotopic (exact) mass is 871 g/mol. The average molecular weight is 872 g/mol. The van der Waals surface area contributed by atoms with Crippen molar-refractivity contribution in [2.75, 3.05) is 40.5 Å². The standard InChI is InChI=1S/C46H48F7N3O6/c1-6-60-45(31-15-13-27(22-32(31)48)23-36(57)61-44-42(52)40(50)39(49)41(51)43(44)53)56-34-11-8-7-10-33(34)54-35(56)12-9-20-55(4)21-19-46(62-37(58)25-59-5)18-17-28-24-29(47)14-16-30(28)38(46)26(2)3/h7-8,10-11,13-16,22,24,26,38,45H,6,9,12,17-21,23,25H2,1-5H3/t38-,45?,46-/m0/s1. The van der Waals surface area contributed by atoms with Crippen molar-refractivity contribution in [3.63, 3.8) is 0 Å². The molecule has 5 aromatic rings. The van der Waals surface area contributed by atoms with Crippen LogP contribution >= 0.6 is 0 Å². The molecule has 332 valence electrons. The fraction of sp³-hybridized carbons (Fsp3) is 0.413. The minimum absolute atomic E-state index is 0.00425. The molecule has 6 rings (SSSR count). The Hall–Kier alpha value is -5.32. The molecule has 0 aliphatic heterocycles. The number of halogens is 7. The molecule has 1 aromatic heterocycles. The van der Waals surface area contributed by atoms with E-state index in [9.17, 15) is 35.9 Å². The molecule has 0 bridgehead atoms. The highest BCUT2D eigenvalue weighted by molar-refractivity contribution is 5.77. The number of aryl methyl sites for hydroxylation is 2. The van der Waals surface area contributed by atoms with Crippen molar-refractivity contribution in [2.45, 2.75) is 77.0 Å². The van der Waals surface area contributed by atoms with Crippen molar-refractivity contribution in [1.29, 1.82) is 0 Å². The number of aromatic nitrogens is 2. The quantitative estimate of drug-likeness (QED) is 0.0283. The van der Waals surface area contributed by atoms with E-state index < -0.39 is 70.8 Å². The molecule has 0 saturated heterocycles. The van der Waals surface area contributed by atoms with Crippen LogP contribution in [0.4, 0.5) is 30.7 Å². The summed E-state index contributed by atoms with van der Waals surface area (Å²) in [5.74, 6) is -15.8. The van der Waals surface area contributed by atoms with Gasteiger partial charge in [0.2, 0.25) is 34.8 Å². The van der Waals surface area contributed by atoms with Crippen LogP contribution in [0.2, 0.25) is 0 Å². The Balaban J connectivity index is 1.18. The third-order valence-electron chi connectivity index (χ3n) is 11.2. The lowest BCUT2D eigenvalue weighted by Gasteiger charge is -2.47. The highest BCUT2D eigenvalue weighted by atomic mass is 19.2. The number of rotatable bonds is 18. The normalized spacial score (nSPS) is 16.8. The van der Waals surface area contributed by atoms with Crippen LogP contribution in [0.5, 0.6) is 5.75 Å². The Bertz CT molecular complexity index is 2400. The van der Waals surface area contributed by atoms with Gasteiger partial charge >= 0.3 is 11.9 Å². The van der Waals surface area contributed by atoms with Gasteiger partial charge in [0, 0.05) is 44.6 Å². The Morgan fingerprint density at radius 3 is 2.29 bits per heavy atom. The molecule has 3 atom stereocenters. The zero-order valence-electron chi connectivity index (χ0n) is 35.0. The molecule has 1 aliphatic rings. The SMILES string of the molecule is CCOC(c1ccc(CC(=O)Oc2c(F)c(F)c(F)c(F)c2F)cc1F)n1c(CCCN(C)CC[C@@]2(OC(=O)COC)CCc3cc(F)ccc3[C@@H]2C(C)C)nc2ccccc21. The Morgan fingerprint density at radius 2 is 1.61 bits per heavy atom. The zero-order chi connectivity index (χ0) is 44.9. The number of imidazole rings is 1. The molecule has 0 amide bonds. The van der Waals surface area contributed by atoms with Crippen molar-refractivity contribution < 1.29 is 59.3 Å². The molecule has 1 unspecified atom stereocenters. The topological polar surface area (TPSA) is 92.1 Å². The number of hydrogen-bond donors (Lipinski definition) is 0. The highest BCUT2D eigenvalue weighted by Gasteiger charge is 2.48.